The van der Waals surface area contributed by atoms with Gasteiger partial charge in [0, 0.05) is 12.5 Å². The van der Waals surface area contributed by atoms with E-state index in [4.69, 9.17) is 4.74 Å². The topological polar surface area (TPSA) is 21.3 Å². The summed E-state index contributed by atoms with van der Waals surface area (Å²) in [4.78, 5) is 0. The highest BCUT2D eigenvalue weighted by molar-refractivity contribution is 5.37. The first kappa shape index (κ1) is 13.9. The maximum absolute atomic E-state index is 6.13. The summed E-state index contributed by atoms with van der Waals surface area (Å²) < 4.78 is 6.13. The first-order chi connectivity index (χ1) is 9.85. The standard InChI is InChI=1S/C18H27NO/c1-2-19-16-9-5-3-7-14(11-16)12-17-13-15-8-4-6-10-18(15)20-17/h4,6,8,10,14,16-17,19H,2-3,5,7,9,11-13H2,1H3. The van der Waals surface area contributed by atoms with Crippen LogP contribution in [0.3, 0.4) is 0 Å². The van der Waals surface area contributed by atoms with E-state index in [9.17, 15) is 0 Å². The van der Waals surface area contributed by atoms with Gasteiger partial charge in [-0.25, -0.2) is 0 Å². The van der Waals surface area contributed by atoms with Crippen LogP contribution in [0.15, 0.2) is 24.3 Å². The number of fused-ring (bicyclic) bond motifs is 1. The van der Waals surface area contributed by atoms with E-state index in [1.165, 1.54) is 44.1 Å². The molecule has 1 N–H and O–H groups in total. The third-order valence-electron chi connectivity index (χ3n) is 4.84. The summed E-state index contributed by atoms with van der Waals surface area (Å²) in [5.74, 6) is 1.95. The second-order valence-electron chi connectivity index (χ2n) is 6.43. The Morgan fingerprint density at radius 1 is 1.20 bits per heavy atom. The molecule has 1 heterocycles. The van der Waals surface area contributed by atoms with Crippen LogP contribution in [0.5, 0.6) is 5.75 Å². The molecule has 1 aromatic rings. The van der Waals surface area contributed by atoms with Crippen LogP contribution in [-0.4, -0.2) is 18.7 Å². The van der Waals surface area contributed by atoms with E-state index in [0.717, 1.165) is 30.7 Å². The Morgan fingerprint density at radius 3 is 2.90 bits per heavy atom. The van der Waals surface area contributed by atoms with Gasteiger partial charge in [-0.05, 0) is 43.4 Å². The summed E-state index contributed by atoms with van der Waals surface area (Å²) >= 11 is 0. The Kier molecular flexibility index (Phi) is 4.62. The van der Waals surface area contributed by atoms with Crippen molar-refractivity contribution in [2.45, 2.75) is 64.0 Å². The highest BCUT2D eigenvalue weighted by Crippen LogP contribution is 2.34. The molecule has 1 aliphatic heterocycles. The van der Waals surface area contributed by atoms with Gasteiger partial charge in [0.15, 0.2) is 0 Å². The molecule has 0 amide bonds. The lowest BCUT2D eigenvalue weighted by Gasteiger charge is -2.23. The fourth-order valence-electron chi connectivity index (χ4n) is 3.91. The van der Waals surface area contributed by atoms with Gasteiger partial charge in [-0.15, -0.1) is 0 Å². The van der Waals surface area contributed by atoms with Crippen molar-refractivity contribution in [2.75, 3.05) is 6.54 Å². The Balaban J connectivity index is 1.55. The molecular formula is C18H27NO. The van der Waals surface area contributed by atoms with Gasteiger partial charge < -0.3 is 10.1 Å². The molecule has 110 valence electrons. The van der Waals surface area contributed by atoms with Gasteiger partial charge in [-0.3, -0.25) is 0 Å². The highest BCUT2D eigenvalue weighted by atomic mass is 16.5. The van der Waals surface area contributed by atoms with Crippen LogP contribution in [0, 0.1) is 5.92 Å². The number of rotatable bonds is 4. The van der Waals surface area contributed by atoms with E-state index in [1.54, 1.807) is 0 Å². The van der Waals surface area contributed by atoms with Crippen molar-refractivity contribution in [3.63, 3.8) is 0 Å². The predicted molar refractivity (Wildman–Crippen MR) is 83.2 cm³/mol. The first-order valence-electron chi connectivity index (χ1n) is 8.33. The van der Waals surface area contributed by atoms with Crippen LogP contribution < -0.4 is 10.1 Å². The van der Waals surface area contributed by atoms with Crippen molar-refractivity contribution in [2.24, 2.45) is 5.92 Å². The second-order valence-corrected chi connectivity index (χ2v) is 6.43. The molecule has 3 unspecified atom stereocenters. The van der Waals surface area contributed by atoms with Crippen molar-refractivity contribution in [3.8, 4) is 5.75 Å². The van der Waals surface area contributed by atoms with E-state index in [0.29, 0.717) is 6.10 Å². The summed E-state index contributed by atoms with van der Waals surface area (Å²) in [6.07, 6.45) is 9.62. The lowest BCUT2D eigenvalue weighted by molar-refractivity contribution is 0.183. The Bertz CT molecular complexity index is 406. The largest absolute Gasteiger partial charge is 0.490 e. The highest BCUT2D eigenvalue weighted by Gasteiger charge is 2.27. The summed E-state index contributed by atoms with van der Waals surface area (Å²) in [6, 6.07) is 9.26. The minimum absolute atomic E-state index is 0.415. The molecule has 1 aromatic carbocycles. The Hall–Kier alpha value is -1.02. The average molecular weight is 273 g/mol. The molecule has 0 bridgehead atoms. The number of hydrogen-bond donors (Lipinski definition) is 1. The van der Waals surface area contributed by atoms with Crippen molar-refractivity contribution in [1.29, 1.82) is 0 Å². The van der Waals surface area contributed by atoms with Crippen molar-refractivity contribution in [3.05, 3.63) is 29.8 Å². The minimum atomic E-state index is 0.415. The van der Waals surface area contributed by atoms with Crippen LogP contribution in [0.1, 0.15) is 51.0 Å². The molecule has 1 saturated carbocycles. The lowest BCUT2D eigenvalue weighted by atomic mass is 9.90. The van der Waals surface area contributed by atoms with Crippen LogP contribution in [-0.2, 0) is 6.42 Å². The molecule has 2 heteroatoms. The van der Waals surface area contributed by atoms with E-state index in [2.05, 4.69) is 36.5 Å². The van der Waals surface area contributed by atoms with Gasteiger partial charge in [-0.1, -0.05) is 44.4 Å². The first-order valence-corrected chi connectivity index (χ1v) is 8.33. The maximum Gasteiger partial charge on any atom is 0.123 e. The second kappa shape index (κ2) is 6.62. The molecule has 1 fully saturated rings. The Labute approximate surface area is 122 Å². The van der Waals surface area contributed by atoms with Gasteiger partial charge in [0.2, 0.25) is 0 Å². The Morgan fingerprint density at radius 2 is 2.05 bits per heavy atom. The molecule has 0 spiro atoms. The van der Waals surface area contributed by atoms with Crippen molar-refractivity contribution >= 4 is 0 Å². The zero-order chi connectivity index (χ0) is 13.8. The smallest absolute Gasteiger partial charge is 0.123 e. The molecule has 1 aliphatic carbocycles. The van der Waals surface area contributed by atoms with Crippen LogP contribution in [0.2, 0.25) is 0 Å². The molecule has 0 saturated heterocycles. The fourth-order valence-corrected chi connectivity index (χ4v) is 3.91. The van der Waals surface area contributed by atoms with Gasteiger partial charge in [0.05, 0.1) is 0 Å². The summed E-state index contributed by atoms with van der Waals surface area (Å²) in [5, 5.41) is 3.66. The number of ether oxygens (including phenoxy) is 1. The number of para-hydroxylation sites is 1. The third-order valence-corrected chi connectivity index (χ3v) is 4.84. The molecular weight excluding hydrogens is 246 g/mol. The van der Waals surface area contributed by atoms with Crippen LogP contribution in [0.4, 0.5) is 0 Å². The van der Waals surface area contributed by atoms with Crippen molar-refractivity contribution in [1.82, 2.24) is 5.32 Å². The summed E-state index contributed by atoms with van der Waals surface area (Å²) in [7, 11) is 0. The number of benzene rings is 1. The molecule has 3 atom stereocenters. The monoisotopic (exact) mass is 273 g/mol. The lowest BCUT2D eigenvalue weighted by Crippen LogP contribution is -2.31. The quantitative estimate of drug-likeness (QED) is 0.839. The minimum Gasteiger partial charge on any atom is -0.490 e. The third kappa shape index (κ3) is 3.35. The van der Waals surface area contributed by atoms with E-state index in [1.807, 2.05) is 0 Å². The maximum atomic E-state index is 6.13. The summed E-state index contributed by atoms with van der Waals surface area (Å²) in [5.41, 5.74) is 1.40. The van der Waals surface area contributed by atoms with Gasteiger partial charge >= 0.3 is 0 Å². The van der Waals surface area contributed by atoms with Crippen LogP contribution in [0.25, 0.3) is 0 Å². The molecule has 3 rings (SSSR count). The van der Waals surface area contributed by atoms with Crippen molar-refractivity contribution < 1.29 is 4.74 Å². The summed E-state index contributed by atoms with van der Waals surface area (Å²) in [6.45, 7) is 3.32. The molecule has 20 heavy (non-hydrogen) atoms. The van der Waals surface area contributed by atoms with Gasteiger partial charge in [-0.2, -0.15) is 0 Å². The number of hydrogen-bond acceptors (Lipinski definition) is 2. The van der Waals surface area contributed by atoms with E-state index >= 15 is 0 Å². The zero-order valence-corrected chi connectivity index (χ0v) is 12.6. The van der Waals surface area contributed by atoms with E-state index < -0.39 is 0 Å². The predicted octanol–water partition coefficient (Wildman–Crippen LogP) is 3.94. The number of nitrogens with one attached hydrogen (secondary N) is 1. The zero-order valence-electron chi connectivity index (χ0n) is 12.6. The SMILES string of the molecule is CCNC1CCCCC(CC2Cc3ccccc3O2)C1. The molecule has 0 radical (unpaired) electrons. The van der Waals surface area contributed by atoms with Crippen LogP contribution >= 0.6 is 0 Å². The normalized spacial score (nSPS) is 29.6. The van der Waals surface area contributed by atoms with E-state index in [-0.39, 0.29) is 0 Å². The molecule has 0 aromatic heterocycles. The molecule has 2 aliphatic rings. The van der Waals surface area contributed by atoms with Gasteiger partial charge in [0.25, 0.3) is 0 Å². The molecule has 2 nitrogen and oxygen atoms in total. The fraction of sp³-hybridized carbons (Fsp3) is 0.667. The average Bonchev–Trinajstić information content (AvgIpc) is 2.72. The van der Waals surface area contributed by atoms with Gasteiger partial charge in [0.1, 0.15) is 11.9 Å².